The molecule has 9 heteroatoms. The Hall–Kier alpha value is -2.62. The highest BCUT2D eigenvalue weighted by Crippen LogP contribution is 2.24. The molecule has 0 saturated carbocycles. The SMILES string of the molecule is Cc1ccc(S(=O)(=O)N2CCCCC2)cc1C(=O)Nc1nnc(Cc2ccccc2)s1. The van der Waals surface area contributed by atoms with Crippen LogP contribution in [0.25, 0.3) is 0 Å². The molecule has 0 radical (unpaired) electrons. The van der Waals surface area contributed by atoms with Crippen molar-refractivity contribution in [3.05, 3.63) is 70.2 Å². The maximum atomic E-state index is 13.0. The van der Waals surface area contributed by atoms with E-state index in [0.29, 0.717) is 35.8 Å². The molecule has 1 aromatic heterocycles. The summed E-state index contributed by atoms with van der Waals surface area (Å²) >= 11 is 1.31. The summed E-state index contributed by atoms with van der Waals surface area (Å²) in [5.41, 5.74) is 2.13. The van der Waals surface area contributed by atoms with Crippen molar-refractivity contribution in [2.24, 2.45) is 0 Å². The van der Waals surface area contributed by atoms with Crippen LogP contribution in [0.3, 0.4) is 0 Å². The second-order valence-corrected chi connectivity index (χ2v) is 10.6. The van der Waals surface area contributed by atoms with E-state index in [1.165, 1.54) is 21.7 Å². The second kappa shape index (κ2) is 9.25. The zero-order valence-corrected chi connectivity index (χ0v) is 18.9. The molecule has 3 aromatic rings. The number of rotatable bonds is 6. The van der Waals surface area contributed by atoms with Crippen molar-refractivity contribution in [1.82, 2.24) is 14.5 Å². The van der Waals surface area contributed by atoms with Crippen LogP contribution >= 0.6 is 11.3 Å². The summed E-state index contributed by atoms with van der Waals surface area (Å²) in [6.45, 7) is 2.83. The Balaban J connectivity index is 1.50. The van der Waals surface area contributed by atoms with Gasteiger partial charge in [-0.05, 0) is 43.0 Å². The van der Waals surface area contributed by atoms with Gasteiger partial charge in [-0.2, -0.15) is 4.31 Å². The maximum absolute atomic E-state index is 13.0. The number of hydrogen-bond acceptors (Lipinski definition) is 6. The highest BCUT2D eigenvalue weighted by Gasteiger charge is 2.27. The van der Waals surface area contributed by atoms with Crippen LogP contribution < -0.4 is 5.32 Å². The maximum Gasteiger partial charge on any atom is 0.257 e. The minimum Gasteiger partial charge on any atom is -0.296 e. The quantitative estimate of drug-likeness (QED) is 0.608. The van der Waals surface area contributed by atoms with E-state index in [9.17, 15) is 13.2 Å². The smallest absolute Gasteiger partial charge is 0.257 e. The predicted octanol–water partition coefficient (Wildman–Crippen LogP) is 3.86. The third-order valence-corrected chi connectivity index (χ3v) is 8.03. The number of aryl methyl sites for hydroxylation is 1. The number of nitrogens with one attached hydrogen (secondary N) is 1. The van der Waals surface area contributed by atoms with Crippen molar-refractivity contribution in [1.29, 1.82) is 0 Å². The van der Waals surface area contributed by atoms with Crippen molar-refractivity contribution >= 4 is 32.4 Å². The Labute approximate surface area is 186 Å². The standard InChI is InChI=1S/C22H24N4O3S2/c1-16-10-11-18(31(28,29)26-12-6-3-7-13-26)15-19(16)21(27)23-22-25-24-20(30-22)14-17-8-4-2-5-9-17/h2,4-5,8-11,15H,3,6-7,12-14H2,1H3,(H,23,25,27). The fourth-order valence-electron chi connectivity index (χ4n) is 3.57. The van der Waals surface area contributed by atoms with Crippen LogP contribution in [0, 0.1) is 6.92 Å². The van der Waals surface area contributed by atoms with Gasteiger partial charge in [0, 0.05) is 25.1 Å². The number of anilines is 1. The van der Waals surface area contributed by atoms with Crippen molar-refractivity contribution in [3.8, 4) is 0 Å². The van der Waals surface area contributed by atoms with E-state index in [1.54, 1.807) is 19.1 Å². The van der Waals surface area contributed by atoms with Crippen LogP contribution in [0.2, 0.25) is 0 Å². The molecule has 1 N–H and O–H groups in total. The van der Waals surface area contributed by atoms with Gasteiger partial charge in [-0.3, -0.25) is 10.1 Å². The Kier molecular flexibility index (Phi) is 6.45. The number of aromatic nitrogens is 2. The Morgan fingerprint density at radius 3 is 2.55 bits per heavy atom. The van der Waals surface area contributed by atoms with E-state index in [4.69, 9.17) is 0 Å². The zero-order valence-electron chi connectivity index (χ0n) is 17.2. The molecule has 1 aliphatic heterocycles. The molecule has 1 aliphatic rings. The number of hydrogen-bond donors (Lipinski definition) is 1. The molecule has 0 spiro atoms. The highest BCUT2D eigenvalue weighted by molar-refractivity contribution is 7.89. The van der Waals surface area contributed by atoms with Gasteiger partial charge in [-0.15, -0.1) is 10.2 Å². The molecule has 162 valence electrons. The lowest BCUT2D eigenvalue weighted by atomic mass is 10.1. The topological polar surface area (TPSA) is 92.3 Å². The Morgan fingerprint density at radius 2 is 1.81 bits per heavy atom. The summed E-state index contributed by atoms with van der Waals surface area (Å²) in [6.07, 6.45) is 3.40. The van der Waals surface area contributed by atoms with Crippen LogP contribution in [-0.2, 0) is 16.4 Å². The van der Waals surface area contributed by atoms with Crippen LogP contribution in [-0.4, -0.2) is 41.9 Å². The number of carbonyl (C=O) groups excluding carboxylic acids is 1. The number of amides is 1. The normalized spacial score (nSPS) is 15.0. The van der Waals surface area contributed by atoms with Crippen LogP contribution in [0.5, 0.6) is 0 Å². The molecular weight excluding hydrogens is 432 g/mol. The van der Waals surface area contributed by atoms with E-state index in [1.807, 2.05) is 30.3 Å². The number of nitrogens with zero attached hydrogens (tertiary/aromatic N) is 3. The number of carbonyl (C=O) groups is 1. The van der Waals surface area contributed by atoms with Crippen LogP contribution in [0.1, 0.15) is 45.8 Å². The second-order valence-electron chi connectivity index (χ2n) is 7.56. The first kappa shape index (κ1) is 21.6. The first-order valence-electron chi connectivity index (χ1n) is 10.2. The third-order valence-electron chi connectivity index (χ3n) is 5.29. The van der Waals surface area contributed by atoms with Crippen LogP contribution in [0.15, 0.2) is 53.4 Å². The van der Waals surface area contributed by atoms with E-state index >= 15 is 0 Å². The van der Waals surface area contributed by atoms with Crippen molar-refractivity contribution < 1.29 is 13.2 Å². The Morgan fingerprint density at radius 1 is 1.06 bits per heavy atom. The molecule has 0 atom stereocenters. The summed E-state index contributed by atoms with van der Waals surface area (Å²) in [4.78, 5) is 13.0. The van der Waals surface area contributed by atoms with E-state index in [2.05, 4.69) is 15.5 Å². The van der Waals surface area contributed by atoms with Gasteiger partial charge in [0.1, 0.15) is 5.01 Å². The average Bonchev–Trinajstić information content (AvgIpc) is 3.21. The van der Waals surface area contributed by atoms with Gasteiger partial charge < -0.3 is 0 Å². The summed E-state index contributed by atoms with van der Waals surface area (Å²) in [5, 5.41) is 12.2. The molecule has 1 fully saturated rings. The molecule has 7 nitrogen and oxygen atoms in total. The molecule has 2 aromatic carbocycles. The van der Waals surface area contributed by atoms with Crippen LogP contribution in [0.4, 0.5) is 5.13 Å². The lowest BCUT2D eigenvalue weighted by Crippen LogP contribution is -2.35. The number of sulfonamides is 1. The molecule has 4 rings (SSSR count). The summed E-state index contributed by atoms with van der Waals surface area (Å²) in [7, 11) is -3.61. The van der Waals surface area contributed by atoms with Crippen molar-refractivity contribution in [3.63, 3.8) is 0 Å². The molecule has 31 heavy (non-hydrogen) atoms. The van der Waals surface area contributed by atoms with Gasteiger partial charge in [0.15, 0.2) is 0 Å². The van der Waals surface area contributed by atoms with Crippen molar-refractivity contribution in [2.75, 3.05) is 18.4 Å². The zero-order chi connectivity index (χ0) is 21.8. The summed E-state index contributed by atoms with van der Waals surface area (Å²) in [5.74, 6) is -0.393. The fraction of sp³-hybridized carbons (Fsp3) is 0.318. The van der Waals surface area contributed by atoms with Gasteiger partial charge in [-0.25, -0.2) is 8.42 Å². The first-order chi connectivity index (χ1) is 14.9. The van der Waals surface area contributed by atoms with Gasteiger partial charge >= 0.3 is 0 Å². The molecule has 0 unspecified atom stereocenters. The molecule has 0 bridgehead atoms. The number of benzene rings is 2. The molecule has 2 heterocycles. The minimum atomic E-state index is -3.61. The lowest BCUT2D eigenvalue weighted by Gasteiger charge is -2.26. The Bertz CT molecular complexity index is 1170. The highest BCUT2D eigenvalue weighted by atomic mass is 32.2. The van der Waals surface area contributed by atoms with Gasteiger partial charge in [0.05, 0.1) is 4.90 Å². The predicted molar refractivity (Wildman–Crippen MR) is 121 cm³/mol. The summed E-state index contributed by atoms with van der Waals surface area (Å²) < 4.78 is 27.5. The average molecular weight is 457 g/mol. The first-order valence-corrected chi connectivity index (χ1v) is 12.5. The van der Waals surface area contributed by atoms with Gasteiger partial charge in [0.25, 0.3) is 5.91 Å². The monoisotopic (exact) mass is 456 g/mol. The third kappa shape index (κ3) is 5.00. The minimum absolute atomic E-state index is 0.146. The van der Waals surface area contributed by atoms with E-state index < -0.39 is 15.9 Å². The molecule has 0 aliphatic carbocycles. The molecule has 1 saturated heterocycles. The van der Waals surface area contributed by atoms with Crippen molar-refractivity contribution in [2.45, 2.75) is 37.5 Å². The summed E-state index contributed by atoms with van der Waals surface area (Å²) in [6, 6.07) is 14.6. The van der Waals surface area contributed by atoms with E-state index in [-0.39, 0.29) is 4.90 Å². The largest absolute Gasteiger partial charge is 0.296 e. The fourth-order valence-corrected chi connectivity index (χ4v) is 5.88. The number of piperidine rings is 1. The van der Waals surface area contributed by atoms with Gasteiger partial charge in [0.2, 0.25) is 15.2 Å². The molecule has 1 amide bonds. The van der Waals surface area contributed by atoms with E-state index in [0.717, 1.165) is 29.8 Å². The molecular formula is C22H24N4O3S2. The lowest BCUT2D eigenvalue weighted by molar-refractivity contribution is 0.102. The van der Waals surface area contributed by atoms with Gasteiger partial charge in [-0.1, -0.05) is 54.2 Å².